The lowest BCUT2D eigenvalue weighted by molar-refractivity contribution is -0.162. The summed E-state index contributed by atoms with van der Waals surface area (Å²) in [6, 6.07) is 0. The van der Waals surface area contributed by atoms with Crippen LogP contribution in [0.3, 0.4) is 0 Å². The number of rotatable bonds is 51. The lowest BCUT2D eigenvalue weighted by atomic mass is 10.1. The fraction of sp³-hybridized carbons (Fsp3) is 0.631. The maximum absolute atomic E-state index is 12.8. The number of unbranched alkanes of at least 4 members (excludes halogenated alkanes) is 18. The Balaban J connectivity index is 4.43. The van der Waals surface area contributed by atoms with Crippen molar-refractivity contribution in [3.05, 3.63) is 134 Å². The highest BCUT2D eigenvalue weighted by molar-refractivity contribution is 5.70. The lowest BCUT2D eigenvalue weighted by Gasteiger charge is -2.18. The Kier molecular flexibility index (Phi) is 56.0. The van der Waals surface area contributed by atoms with Crippen molar-refractivity contribution in [2.75, 3.05) is 19.8 Å². The van der Waals surface area contributed by atoms with Gasteiger partial charge in [-0.05, 0) is 128 Å². The third-order valence-corrected chi connectivity index (χ3v) is 11.7. The molecule has 0 aromatic heterocycles. The monoisotopic (exact) mass is 967 g/mol. The quantitative estimate of drug-likeness (QED) is 0.0345. The molecule has 0 aliphatic heterocycles. The van der Waals surface area contributed by atoms with Gasteiger partial charge in [-0.1, -0.05) is 231 Å². The minimum Gasteiger partial charge on any atom is -0.462 e. The first kappa shape index (κ1) is 66.0. The molecule has 0 aromatic rings. The van der Waals surface area contributed by atoms with E-state index in [2.05, 4.69) is 154 Å². The molecule has 70 heavy (non-hydrogen) atoms. The molecule has 0 heterocycles. The molecule has 0 rings (SSSR count). The Morgan fingerprint density at radius 1 is 0.329 bits per heavy atom. The molecule has 0 amide bonds. The van der Waals surface area contributed by atoms with E-state index in [4.69, 9.17) is 14.2 Å². The van der Waals surface area contributed by atoms with Gasteiger partial charge in [0, 0.05) is 19.4 Å². The predicted molar refractivity (Wildman–Crippen MR) is 306 cm³/mol. The molecule has 396 valence electrons. The third kappa shape index (κ3) is 56.6. The maximum atomic E-state index is 12.8. The molecule has 1 unspecified atom stereocenters. The van der Waals surface area contributed by atoms with E-state index in [9.17, 15) is 9.59 Å². The minimum absolute atomic E-state index is 0.0443. The molecule has 5 nitrogen and oxygen atoms in total. The lowest BCUT2D eigenvalue weighted by Crippen LogP contribution is -2.30. The second kappa shape index (κ2) is 59.3. The van der Waals surface area contributed by atoms with Gasteiger partial charge in [-0.2, -0.15) is 0 Å². The van der Waals surface area contributed by atoms with E-state index in [1.165, 1.54) is 89.9 Å². The molecule has 0 saturated heterocycles. The summed E-state index contributed by atoms with van der Waals surface area (Å²) < 4.78 is 17.4. The fourth-order valence-electron chi connectivity index (χ4n) is 7.45. The first-order chi connectivity index (χ1) is 34.6. The summed E-state index contributed by atoms with van der Waals surface area (Å²) in [5.74, 6) is -0.489. The largest absolute Gasteiger partial charge is 0.462 e. The standard InChI is InChI=1S/C65H106O5/c1-4-7-10-13-16-19-22-25-28-31-33-35-37-40-43-46-49-52-55-58-64(66)69-62-63(61-68-60-57-54-51-48-45-42-39-36-32-29-26-23-20-17-14-11-8-5-2)70-65(67)59-56-53-50-47-44-41-38-34-30-27-24-21-18-15-12-9-6-3/h8-9,11-12,16-21,25-30,33,35,38,41,47,50,63H,4-7,10,13-15,22-24,31-32,34,36-37,39-40,42-46,48-49,51-62H2,1-3H3/b11-8-,12-9-,19-16-,20-17-,21-18-,28-25-,29-26-,30-27-,35-33-,41-38-,50-47-. The van der Waals surface area contributed by atoms with E-state index in [0.29, 0.717) is 19.4 Å². The average molecular weight is 968 g/mol. The normalized spacial score (nSPS) is 13.2. The SMILES string of the molecule is CC/C=C\C/C=C\C/C=C\C/C=C\C/C=C\CCCC(=O)OC(COCCCCCCCCCC/C=C\C/C=C\C/C=C\CC)COC(=O)CCCCCCCC/C=C\C/C=C\C/C=C\CCCCC. The van der Waals surface area contributed by atoms with Crippen LogP contribution in [0.2, 0.25) is 0 Å². The van der Waals surface area contributed by atoms with Gasteiger partial charge in [-0.25, -0.2) is 0 Å². The van der Waals surface area contributed by atoms with E-state index in [1.54, 1.807) is 0 Å². The highest BCUT2D eigenvalue weighted by Crippen LogP contribution is 2.13. The zero-order valence-electron chi connectivity index (χ0n) is 45.5. The highest BCUT2D eigenvalue weighted by atomic mass is 16.6. The summed E-state index contributed by atoms with van der Waals surface area (Å²) in [4.78, 5) is 25.5. The molecule has 0 bridgehead atoms. The fourth-order valence-corrected chi connectivity index (χ4v) is 7.45. The van der Waals surface area contributed by atoms with Crippen LogP contribution < -0.4 is 0 Å². The van der Waals surface area contributed by atoms with Gasteiger partial charge in [0.2, 0.25) is 0 Å². The number of carbonyl (C=O) groups is 2. The molecule has 0 radical (unpaired) electrons. The Morgan fingerprint density at radius 2 is 0.657 bits per heavy atom. The number of allylic oxidation sites excluding steroid dienone is 22. The summed E-state index contributed by atoms with van der Waals surface area (Å²) in [5, 5.41) is 0. The molecular formula is C65H106O5. The van der Waals surface area contributed by atoms with Crippen molar-refractivity contribution in [2.45, 2.75) is 245 Å². The van der Waals surface area contributed by atoms with Gasteiger partial charge in [0.1, 0.15) is 6.61 Å². The molecule has 0 spiro atoms. The van der Waals surface area contributed by atoms with E-state index < -0.39 is 6.10 Å². The smallest absolute Gasteiger partial charge is 0.306 e. The van der Waals surface area contributed by atoms with Crippen LogP contribution in [0.4, 0.5) is 0 Å². The highest BCUT2D eigenvalue weighted by Gasteiger charge is 2.17. The first-order valence-electron chi connectivity index (χ1n) is 28.7. The first-order valence-corrected chi connectivity index (χ1v) is 28.7. The van der Waals surface area contributed by atoms with Crippen LogP contribution in [0.15, 0.2) is 134 Å². The molecule has 5 heteroatoms. The number of hydrogen-bond acceptors (Lipinski definition) is 5. The predicted octanol–water partition coefficient (Wildman–Crippen LogP) is 19.9. The number of hydrogen-bond donors (Lipinski definition) is 0. The number of carbonyl (C=O) groups excluding carboxylic acids is 2. The Hall–Kier alpha value is -3.96. The Bertz CT molecular complexity index is 1470. The van der Waals surface area contributed by atoms with Crippen LogP contribution in [0.25, 0.3) is 0 Å². The summed E-state index contributed by atoms with van der Waals surface area (Å²) in [6.45, 7) is 7.48. The van der Waals surface area contributed by atoms with Gasteiger partial charge in [0.25, 0.3) is 0 Å². The third-order valence-electron chi connectivity index (χ3n) is 11.7. The van der Waals surface area contributed by atoms with E-state index in [-0.39, 0.29) is 25.2 Å². The summed E-state index contributed by atoms with van der Waals surface area (Å²) >= 11 is 0. The van der Waals surface area contributed by atoms with Crippen molar-refractivity contribution in [3.8, 4) is 0 Å². The van der Waals surface area contributed by atoms with E-state index >= 15 is 0 Å². The van der Waals surface area contributed by atoms with Crippen LogP contribution >= 0.6 is 0 Å². The van der Waals surface area contributed by atoms with Gasteiger partial charge in [0.05, 0.1) is 6.61 Å². The van der Waals surface area contributed by atoms with Crippen molar-refractivity contribution in [1.82, 2.24) is 0 Å². The van der Waals surface area contributed by atoms with Crippen molar-refractivity contribution < 1.29 is 23.8 Å². The van der Waals surface area contributed by atoms with Crippen molar-refractivity contribution >= 4 is 11.9 Å². The average Bonchev–Trinajstić information content (AvgIpc) is 3.36. The van der Waals surface area contributed by atoms with Crippen molar-refractivity contribution in [3.63, 3.8) is 0 Å². The zero-order valence-corrected chi connectivity index (χ0v) is 45.5. The molecule has 0 aromatic carbocycles. The summed E-state index contributed by atoms with van der Waals surface area (Å²) in [5.41, 5.74) is 0. The second-order valence-electron chi connectivity index (χ2n) is 18.4. The zero-order chi connectivity index (χ0) is 50.6. The Labute approximate surface area is 432 Å². The van der Waals surface area contributed by atoms with Gasteiger partial charge in [0.15, 0.2) is 6.10 Å². The minimum atomic E-state index is -0.586. The van der Waals surface area contributed by atoms with Crippen LogP contribution in [0, 0.1) is 0 Å². The van der Waals surface area contributed by atoms with Gasteiger partial charge >= 0.3 is 11.9 Å². The van der Waals surface area contributed by atoms with Crippen molar-refractivity contribution in [1.29, 1.82) is 0 Å². The second-order valence-corrected chi connectivity index (χ2v) is 18.4. The van der Waals surface area contributed by atoms with Gasteiger partial charge in [-0.3, -0.25) is 9.59 Å². The molecule has 0 aliphatic rings. The Morgan fingerprint density at radius 3 is 1.07 bits per heavy atom. The topological polar surface area (TPSA) is 61.8 Å². The van der Waals surface area contributed by atoms with E-state index in [1.807, 2.05) is 0 Å². The summed E-state index contributed by atoms with van der Waals surface area (Å²) in [7, 11) is 0. The summed E-state index contributed by atoms with van der Waals surface area (Å²) in [6.07, 6.45) is 84.7. The molecule has 0 saturated carbocycles. The molecular weight excluding hydrogens is 861 g/mol. The van der Waals surface area contributed by atoms with Gasteiger partial charge < -0.3 is 14.2 Å². The number of ether oxygens (including phenoxy) is 3. The molecule has 0 aliphatic carbocycles. The van der Waals surface area contributed by atoms with Crippen LogP contribution in [0.1, 0.15) is 239 Å². The molecule has 1 atom stereocenters. The van der Waals surface area contributed by atoms with Gasteiger partial charge in [-0.15, -0.1) is 0 Å². The maximum Gasteiger partial charge on any atom is 0.306 e. The van der Waals surface area contributed by atoms with Crippen LogP contribution in [-0.2, 0) is 23.8 Å². The van der Waals surface area contributed by atoms with Crippen LogP contribution in [-0.4, -0.2) is 37.9 Å². The molecule has 0 N–H and O–H groups in total. The number of esters is 2. The molecule has 0 fully saturated rings. The van der Waals surface area contributed by atoms with E-state index in [0.717, 1.165) is 116 Å². The van der Waals surface area contributed by atoms with Crippen molar-refractivity contribution in [2.24, 2.45) is 0 Å². The van der Waals surface area contributed by atoms with Crippen LogP contribution in [0.5, 0.6) is 0 Å².